The van der Waals surface area contributed by atoms with Crippen LogP contribution in [0, 0.1) is 17.7 Å². The smallest absolute Gasteiger partial charge is 0.252 e. The predicted molar refractivity (Wildman–Crippen MR) is 111 cm³/mol. The molecule has 0 radical (unpaired) electrons. The van der Waals surface area contributed by atoms with E-state index >= 15 is 0 Å². The van der Waals surface area contributed by atoms with Crippen molar-refractivity contribution in [3.05, 3.63) is 63.9 Å². The zero-order valence-electron chi connectivity index (χ0n) is 16.3. The first-order valence-electron chi connectivity index (χ1n) is 10.3. The van der Waals surface area contributed by atoms with E-state index in [9.17, 15) is 14.0 Å². The molecule has 0 spiro atoms. The molecule has 4 atom stereocenters. The summed E-state index contributed by atoms with van der Waals surface area (Å²) in [5, 5.41) is 6.24. The highest BCUT2D eigenvalue weighted by molar-refractivity contribution is 6.31. The molecule has 2 amide bonds. The molecule has 0 bridgehead atoms. The third kappa shape index (κ3) is 3.28. The van der Waals surface area contributed by atoms with E-state index in [2.05, 4.69) is 10.6 Å². The molecule has 2 heterocycles. The van der Waals surface area contributed by atoms with Gasteiger partial charge in [0.05, 0.1) is 24.7 Å². The summed E-state index contributed by atoms with van der Waals surface area (Å²) in [6.45, 7) is 0.423. The molecule has 2 aromatic rings. The molecule has 2 aliphatic heterocycles. The van der Waals surface area contributed by atoms with Gasteiger partial charge in [-0.2, -0.15) is 0 Å². The second-order valence-corrected chi connectivity index (χ2v) is 8.66. The number of hydrogen-bond acceptors (Lipinski definition) is 3. The van der Waals surface area contributed by atoms with Crippen molar-refractivity contribution in [2.75, 3.05) is 11.9 Å². The Labute approximate surface area is 178 Å². The number of rotatable bonds is 3. The summed E-state index contributed by atoms with van der Waals surface area (Å²) < 4.78 is 19.8. The van der Waals surface area contributed by atoms with Crippen LogP contribution in [0.15, 0.2) is 36.4 Å². The summed E-state index contributed by atoms with van der Waals surface area (Å²) in [6, 6.07) is 8.63. The van der Waals surface area contributed by atoms with E-state index < -0.39 is 11.9 Å². The summed E-state index contributed by atoms with van der Waals surface area (Å²) >= 11 is 6.31. The summed E-state index contributed by atoms with van der Waals surface area (Å²) in [5.74, 6) is -0.773. The van der Waals surface area contributed by atoms with Crippen LogP contribution in [-0.2, 0) is 9.53 Å². The van der Waals surface area contributed by atoms with Gasteiger partial charge in [0.25, 0.3) is 5.91 Å². The second kappa shape index (κ2) is 7.67. The lowest BCUT2D eigenvalue weighted by molar-refractivity contribution is -0.120. The Morgan fingerprint density at radius 2 is 2.03 bits per heavy atom. The SMILES string of the molecule is O=C1NC(c2cc(F)ccc2Cl)c2c(NC(=O)C3COC4CCCCC43)cccc21. The highest BCUT2D eigenvalue weighted by Gasteiger charge is 2.43. The van der Waals surface area contributed by atoms with Gasteiger partial charge in [0.15, 0.2) is 0 Å². The molecule has 2 aromatic carbocycles. The standard InChI is InChI=1S/C23H22ClFN2O3/c24-17-9-8-12(25)10-15(17)21-20-14(22(28)27-21)5-3-6-18(20)26-23(29)16-11-30-19-7-2-1-4-13(16)19/h3,5-6,8-10,13,16,19,21H,1-2,4,7,11H2,(H,26,29)(H,27,28). The molecular formula is C23H22ClFN2O3. The first-order valence-corrected chi connectivity index (χ1v) is 10.7. The highest BCUT2D eigenvalue weighted by Crippen LogP contribution is 2.41. The fourth-order valence-electron chi connectivity index (χ4n) is 5.07. The lowest BCUT2D eigenvalue weighted by Gasteiger charge is -2.27. The van der Waals surface area contributed by atoms with Gasteiger partial charge in [-0.25, -0.2) is 4.39 Å². The van der Waals surface area contributed by atoms with Crippen LogP contribution in [0.4, 0.5) is 10.1 Å². The Bertz CT molecular complexity index is 1030. The molecular weight excluding hydrogens is 407 g/mol. The molecule has 5 rings (SSSR count). The maximum atomic E-state index is 13.9. The third-order valence-electron chi connectivity index (χ3n) is 6.54. The van der Waals surface area contributed by atoms with E-state index in [1.807, 2.05) is 0 Å². The van der Waals surface area contributed by atoms with Gasteiger partial charge in [0.2, 0.25) is 5.91 Å². The number of amides is 2. The number of ether oxygens (including phenoxy) is 1. The van der Waals surface area contributed by atoms with Crippen LogP contribution >= 0.6 is 11.6 Å². The fraction of sp³-hybridized carbons (Fsp3) is 0.391. The van der Waals surface area contributed by atoms with E-state index in [0.717, 1.165) is 25.7 Å². The molecule has 1 saturated carbocycles. The minimum atomic E-state index is -0.630. The van der Waals surface area contributed by atoms with E-state index in [1.54, 1.807) is 18.2 Å². The lowest BCUT2D eigenvalue weighted by atomic mass is 9.80. The van der Waals surface area contributed by atoms with Crippen molar-refractivity contribution in [2.24, 2.45) is 11.8 Å². The number of benzene rings is 2. The predicted octanol–water partition coefficient (Wildman–Crippen LogP) is 4.46. The molecule has 156 valence electrons. The minimum Gasteiger partial charge on any atom is -0.377 e. The molecule has 1 saturated heterocycles. The minimum absolute atomic E-state index is 0.0961. The molecule has 2 N–H and O–H groups in total. The zero-order valence-corrected chi connectivity index (χ0v) is 17.0. The number of fused-ring (bicyclic) bond motifs is 2. The average Bonchev–Trinajstić information content (AvgIpc) is 3.32. The average molecular weight is 429 g/mol. The van der Waals surface area contributed by atoms with Crippen molar-refractivity contribution in [1.29, 1.82) is 0 Å². The van der Waals surface area contributed by atoms with E-state index in [4.69, 9.17) is 16.3 Å². The number of nitrogens with one attached hydrogen (secondary N) is 2. The van der Waals surface area contributed by atoms with Crippen LogP contribution in [0.5, 0.6) is 0 Å². The highest BCUT2D eigenvalue weighted by atomic mass is 35.5. The van der Waals surface area contributed by atoms with E-state index in [1.165, 1.54) is 18.2 Å². The van der Waals surface area contributed by atoms with Gasteiger partial charge < -0.3 is 15.4 Å². The number of halogens is 2. The zero-order chi connectivity index (χ0) is 20.8. The van der Waals surface area contributed by atoms with Crippen LogP contribution in [0.1, 0.15) is 53.2 Å². The Kier molecular flexibility index (Phi) is 4.99. The van der Waals surface area contributed by atoms with Crippen molar-refractivity contribution in [3.8, 4) is 0 Å². The number of anilines is 1. The number of carbonyl (C=O) groups excluding carboxylic acids is 2. The molecule has 0 aromatic heterocycles. The van der Waals surface area contributed by atoms with E-state index in [0.29, 0.717) is 34.0 Å². The quantitative estimate of drug-likeness (QED) is 0.758. The topological polar surface area (TPSA) is 67.4 Å². The Hall–Kier alpha value is -2.44. The van der Waals surface area contributed by atoms with Gasteiger partial charge in [-0.05, 0) is 49.1 Å². The first kappa shape index (κ1) is 19.5. The third-order valence-corrected chi connectivity index (χ3v) is 6.88. The first-order chi connectivity index (χ1) is 14.5. The summed E-state index contributed by atoms with van der Waals surface area (Å²) in [5.41, 5.74) is 2.07. The van der Waals surface area contributed by atoms with Crippen LogP contribution in [0.2, 0.25) is 5.02 Å². The molecule has 4 unspecified atom stereocenters. The second-order valence-electron chi connectivity index (χ2n) is 8.25. The summed E-state index contributed by atoms with van der Waals surface area (Å²) in [4.78, 5) is 25.7. The van der Waals surface area contributed by atoms with Crippen LogP contribution in [0.3, 0.4) is 0 Å². The van der Waals surface area contributed by atoms with Gasteiger partial charge in [-0.1, -0.05) is 30.5 Å². The Morgan fingerprint density at radius 1 is 1.20 bits per heavy atom. The fourth-order valence-corrected chi connectivity index (χ4v) is 5.30. The van der Waals surface area contributed by atoms with Gasteiger partial charge >= 0.3 is 0 Å². The summed E-state index contributed by atoms with van der Waals surface area (Å²) in [7, 11) is 0. The molecule has 3 aliphatic rings. The van der Waals surface area contributed by atoms with Gasteiger partial charge in [-0.15, -0.1) is 0 Å². The van der Waals surface area contributed by atoms with E-state index in [-0.39, 0.29) is 29.8 Å². The van der Waals surface area contributed by atoms with Crippen LogP contribution in [0.25, 0.3) is 0 Å². The van der Waals surface area contributed by atoms with Gasteiger partial charge in [-0.3, -0.25) is 9.59 Å². The van der Waals surface area contributed by atoms with Crippen molar-refractivity contribution < 1.29 is 18.7 Å². The maximum Gasteiger partial charge on any atom is 0.252 e. The van der Waals surface area contributed by atoms with Crippen molar-refractivity contribution in [2.45, 2.75) is 37.8 Å². The number of hydrogen-bond donors (Lipinski definition) is 2. The van der Waals surface area contributed by atoms with Crippen LogP contribution in [-0.4, -0.2) is 24.5 Å². The van der Waals surface area contributed by atoms with Crippen molar-refractivity contribution in [1.82, 2.24) is 5.32 Å². The van der Waals surface area contributed by atoms with Crippen LogP contribution < -0.4 is 10.6 Å². The maximum absolute atomic E-state index is 13.9. The summed E-state index contributed by atoms with van der Waals surface area (Å²) in [6.07, 6.45) is 4.43. The number of carbonyl (C=O) groups is 2. The molecule has 2 fully saturated rings. The molecule has 5 nitrogen and oxygen atoms in total. The molecule has 1 aliphatic carbocycles. The Balaban J connectivity index is 1.47. The molecule has 30 heavy (non-hydrogen) atoms. The van der Waals surface area contributed by atoms with Crippen molar-refractivity contribution in [3.63, 3.8) is 0 Å². The van der Waals surface area contributed by atoms with Gasteiger partial charge in [0.1, 0.15) is 5.82 Å². The lowest BCUT2D eigenvalue weighted by Crippen LogP contribution is -2.32. The largest absolute Gasteiger partial charge is 0.377 e. The monoisotopic (exact) mass is 428 g/mol. The van der Waals surface area contributed by atoms with Gasteiger partial charge in [0, 0.05) is 27.4 Å². The molecule has 7 heteroatoms. The normalized spacial score (nSPS) is 27.3. The Morgan fingerprint density at radius 3 is 2.90 bits per heavy atom. The van der Waals surface area contributed by atoms with Crippen molar-refractivity contribution >= 4 is 29.1 Å².